The van der Waals surface area contributed by atoms with Crippen LogP contribution in [0.2, 0.25) is 0 Å². The maximum atomic E-state index is 6.08. The molecule has 1 heterocycles. The largest absolute Gasteiger partial charge is 0.378 e. The lowest BCUT2D eigenvalue weighted by Gasteiger charge is -2.32. The van der Waals surface area contributed by atoms with Crippen LogP contribution in [0.5, 0.6) is 0 Å². The van der Waals surface area contributed by atoms with Gasteiger partial charge in [0.2, 0.25) is 0 Å². The number of likely N-dealkylation sites (tertiary alicyclic amines) is 1. The van der Waals surface area contributed by atoms with Crippen molar-refractivity contribution in [1.29, 1.82) is 0 Å². The van der Waals surface area contributed by atoms with Crippen LogP contribution in [0.1, 0.15) is 45.4 Å². The monoisotopic (exact) mass is 239 g/mol. The molecule has 0 bridgehead atoms. The molecule has 0 spiro atoms. The maximum Gasteiger partial charge on any atom is 0.191 e. The second kappa shape index (κ2) is 6.24. The summed E-state index contributed by atoms with van der Waals surface area (Å²) in [6.45, 7) is 4.86. The van der Waals surface area contributed by atoms with Gasteiger partial charge in [-0.3, -0.25) is 0 Å². The first kappa shape index (κ1) is 12.7. The van der Waals surface area contributed by atoms with Crippen LogP contribution in [0.15, 0.2) is 4.99 Å². The number of hydrogen-bond acceptors (Lipinski definition) is 2. The van der Waals surface area contributed by atoms with Gasteiger partial charge in [0.1, 0.15) is 0 Å². The Morgan fingerprint density at radius 2 is 1.88 bits per heavy atom. The molecule has 2 aliphatic rings. The SMILES string of the molecule is CCOC1CCN(C(N)=NC2CCCC2)CC1. The third-order valence-corrected chi connectivity index (χ3v) is 3.81. The van der Waals surface area contributed by atoms with Crippen molar-refractivity contribution in [3.63, 3.8) is 0 Å². The van der Waals surface area contributed by atoms with Crippen molar-refractivity contribution in [2.75, 3.05) is 19.7 Å². The van der Waals surface area contributed by atoms with Crippen LogP contribution < -0.4 is 5.73 Å². The van der Waals surface area contributed by atoms with E-state index in [0.717, 1.165) is 38.5 Å². The summed E-state index contributed by atoms with van der Waals surface area (Å²) in [5.74, 6) is 0.756. The quantitative estimate of drug-likeness (QED) is 0.603. The van der Waals surface area contributed by atoms with E-state index in [1.54, 1.807) is 0 Å². The van der Waals surface area contributed by atoms with Crippen LogP contribution >= 0.6 is 0 Å². The van der Waals surface area contributed by atoms with Gasteiger partial charge in [0.05, 0.1) is 12.1 Å². The third-order valence-electron chi connectivity index (χ3n) is 3.81. The molecule has 2 N–H and O–H groups in total. The predicted molar refractivity (Wildman–Crippen MR) is 70.1 cm³/mol. The minimum atomic E-state index is 0.426. The van der Waals surface area contributed by atoms with Crippen LogP contribution in [-0.4, -0.2) is 42.7 Å². The Bertz CT molecular complexity index is 253. The number of nitrogens with zero attached hydrogens (tertiary/aromatic N) is 2. The lowest BCUT2D eigenvalue weighted by atomic mass is 10.1. The molecule has 0 aromatic heterocycles. The van der Waals surface area contributed by atoms with Gasteiger partial charge >= 0.3 is 0 Å². The number of aliphatic imine (C=N–C) groups is 1. The van der Waals surface area contributed by atoms with Crippen LogP contribution in [0.25, 0.3) is 0 Å². The summed E-state index contributed by atoms with van der Waals surface area (Å²) < 4.78 is 5.64. The summed E-state index contributed by atoms with van der Waals surface area (Å²) in [6.07, 6.45) is 7.65. The normalized spacial score (nSPS) is 24.5. The van der Waals surface area contributed by atoms with E-state index in [0.29, 0.717) is 12.1 Å². The molecule has 0 atom stereocenters. The molecule has 1 aliphatic carbocycles. The Morgan fingerprint density at radius 3 is 2.47 bits per heavy atom. The van der Waals surface area contributed by atoms with E-state index in [-0.39, 0.29) is 0 Å². The molecule has 4 heteroatoms. The topological polar surface area (TPSA) is 50.9 Å². The van der Waals surface area contributed by atoms with E-state index in [2.05, 4.69) is 16.8 Å². The Labute approximate surface area is 104 Å². The van der Waals surface area contributed by atoms with Gasteiger partial charge in [-0.1, -0.05) is 12.8 Å². The number of rotatable bonds is 3. The minimum Gasteiger partial charge on any atom is -0.378 e. The van der Waals surface area contributed by atoms with Crippen LogP contribution in [0, 0.1) is 0 Å². The first-order valence-corrected chi connectivity index (χ1v) is 6.99. The molecule has 1 saturated heterocycles. The maximum absolute atomic E-state index is 6.08. The fourth-order valence-electron chi connectivity index (χ4n) is 2.79. The average Bonchev–Trinajstić information content (AvgIpc) is 2.83. The van der Waals surface area contributed by atoms with Gasteiger partial charge in [-0.2, -0.15) is 0 Å². The Morgan fingerprint density at radius 1 is 1.24 bits per heavy atom. The smallest absolute Gasteiger partial charge is 0.191 e. The molecule has 4 nitrogen and oxygen atoms in total. The summed E-state index contributed by atoms with van der Waals surface area (Å²) in [5.41, 5.74) is 6.08. The molecular formula is C13H25N3O. The zero-order valence-electron chi connectivity index (χ0n) is 10.9. The first-order chi connectivity index (χ1) is 8.29. The van der Waals surface area contributed by atoms with Crippen molar-refractivity contribution in [1.82, 2.24) is 4.90 Å². The van der Waals surface area contributed by atoms with E-state index in [9.17, 15) is 0 Å². The van der Waals surface area contributed by atoms with Gasteiger partial charge in [0.25, 0.3) is 0 Å². The third kappa shape index (κ3) is 3.60. The Hall–Kier alpha value is -0.770. The lowest BCUT2D eigenvalue weighted by Crippen LogP contribution is -2.45. The van der Waals surface area contributed by atoms with E-state index >= 15 is 0 Å². The van der Waals surface area contributed by atoms with E-state index in [1.165, 1.54) is 25.7 Å². The molecule has 2 rings (SSSR count). The number of hydrogen-bond donors (Lipinski definition) is 1. The zero-order chi connectivity index (χ0) is 12.1. The van der Waals surface area contributed by atoms with Crippen LogP contribution in [0.4, 0.5) is 0 Å². The van der Waals surface area contributed by atoms with Gasteiger partial charge in [0.15, 0.2) is 5.96 Å². The summed E-state index contributed by atoms with van der Waals surface area (Å²) in [5, 5.41) is 0. The Balaban J connectivity index is 1.79. The average molecular weight is 239 g/mol. The van der Waals surface area contributed by atoms with Crippen molar-refractivity contribution in [3.8, 4) is 0 Å². The fourth-order valence-corrected chi connectivity index (χ4v) is 2.79. The molecule has 2 fully saturated rings. The fraction of sp³-hybridized carbons (Fsp3) is 0.923. The highest BCUT2D eigenvalue weighted by Gasteiger charge is 2.21. The lowest BCUT2D eigenvalue weighted by molar-refractivity contribution is 0.0267. The van der Waals surface area contributed by atoms with Crippen LogP contribution in [0.3, 0.4) is 0 Å². The summed E-state index contributed by atoms with van der Waals surface area (Å²) in [6, 6.07) is 0.486. The first-order valence-electron chi connectivity index (χ1n) is 6.99. The number of guanidine groups is 1. The molecule has 1 aliphatic heterocycles. The highest BCUT2D eigenvalue weighted by molar-refractivity contribution is 5.78. The van der Waals surface area contributed by atoms with E-state index in [4.69, 9.17) is 10.5 Å². The van der Waals surface area contributed by atoms with E-state index in [1.807, 2.05) is 0 Å². The van der Waals surface area contributed by atoms with Gasteiger partial charge < -0.3 is 15.4 Å². The second-order valence-corrected chi connectivity index (χ2v) is 5.07. The number of piperidine rings is 1. The molecule has 0 aromatic rings. The van der Waals surface area contributed by atoms with Crippen molar-refractivity contribution in [2.45, 2.75) is 57.6 Å². The van der Waals surface area contributed by atoms with Crippen LogP contribution in [-0.2, 0) is 4.74 Å². The number of ether oxygens (including phenoxy) is 1. The van der Waals surface area contributed by atoms with Crippen molar-refractivity contribution in [3.05, 3.63) is 0 Å². The molecule has 17 heavy (non-hydrogen) atoms. The molecular weight excluding hydrogens is 214 g/mol. The van der Waals surface area contributed by atoms with Gasteiger partial charge in [0, 0.05) is 19.7 Å². The molecule has 0 amide bonds. The number of nitrogens with two attached hydrogens (primary N) is 1. The molecule has 98 valence electrons. The van der Waals surface area contributed by atoms with Crippen molar-refractivity contribution in [2.24, 2.45) is 10.7 Å². The molecule has 0 unspecified atom stereocenters. The highest BCUT2D eigenvalue weighted by Crippen LogP contribution is 2.21. The van der Waals surface area contributed by atoms with Gasteiger partial charge in [-0.05, 0) is 32.6 Å². The van der Waals surface area contributed by atoms with Crippen molar-refractivity contribution >= 4 is 5.96 Å². The van der Waals surface area contributed by atoms with Crippen molar-refractivity contribution < 1.29 is 4.74 Å². The molecule has 0 aromatic carbocycles. The molecule has 0 radical (unpaired) electrons. The minimum absolute atomic E-state index is 0.426. The van der Waals surface area contributed by atoms with E-state index < -0.39 is 0 Å². The molecule has 1 saturated carbocycles. The predicted octanol–water partition coefficient (Wildman–Crippen LogP) is 1.74. The summed E-state index contributed by atoms with van der Waals surface area (Å²) in [4.78, 5) is 6.87. The summed E-state index contributed by atoms with van der Waals surface area (Å²) in [7, 11) is 0. The highest BCUT2D eigenvalue weighted by atomic mass is 16.5. The zero-order valence-corrected chi connectivity index (χ0v) is 10.9. The summed E-state index contributed by atoms with van der Waals surface area (Å²) >= 11 is 0. The second-order valence-electron chi connectivity index (χ2n) is 5.07. The standard InChI is InChI=1S/C13H25N3O/c1-2-17-12-7-9-16(10-8-12)13(14)15-11-5-3-4-6-11/h11-12H,2-10H2,1H3,(H2,14,15). The van der Waals surface area contributed by atoms with Gasteiger partial charge in [-0.25, -0.2) is 4.99 Å². The Kier molecular flexibility index (Phi) is 4.66. The van der Waals surface area contributed by atoms with Gasteiger partial charge in [-0.15, -0.1) is 0 Å².